The van der Waals surface area contributed by atoms with Crippen molar-refractivity contribution in [2.24, 2.45) is 0 Å². The summed E-state index contributed by atoms with van der Waals surface area (Å²) in [5, 5.41) is 8.45. The van der Waals surface area contributed by atoms with E-state index < -0.39 is 36.0 Å². The monoisotopic (exact) mass is 396 g/mol. The summed E-state index contributed by atoms with van der Waals surface area (Å²) >= 11 is 1.45. The zero-order valence-electron chi connectivity index (χ0n) is 8.73. The summed E-state index contributed by atoms with van der Waals surface area (Å²) in [5.41, 5.74) is -2.27. The van der Waals surface area contributed by atoms with Gasteiger partial charge in [-0.15, -0.1) is 13.2 Å². The highest BCUT2D eigenvalue weighted by atomic mass is 127. The minimum absolute atomic E-state index is 0.0685. The lowest BCUT2D eigenvalue weighted by molar-refractivity contribution is -0.277. The van der Waals surface area contributed by atoms with E-state index in [2.05, 4.69) is 9.72 Å². The molecule has 0 fully saturated rings. The second kappa shape index (κ2) is 5.40. The molecule has 0 amide bonds. The molecule has 1 aromatic heterocycles. The number of nitriles is 1. The third kappa shape index (κ3) is 4.12. The molecule has 0 aliphatic carbocycles. The molecule has 3 nitrogen and oxygen atoms in total. The van der Waals surface area contributed by atoms with E-state index in [0.29, 0.717) is 0 Å². The first kappa shape index (κ1) is 15.8. The molecular weight excluding hydrogens is 393 g/mol. The number of hydrogen-bond donors (Lipinski definition) is 0. The van der Waals surface area contributed by atoms with Crippen molar-refractivity contribution in [1.82, 2.24) is 4.98 Å². The molecule has 1 heterocycles. The lowest BCUT2D eigenvalue weighted by Crippen LogP contribution is -2.22. The van der Waals surface area contributed by atoms with Crippen LogP contribution in [0.15, 0.2) is 6.20 Å². The first-order chi connectivity index (χ1) is 8.56. The van der Waals surface area contributed by atoms with Crippen molar-refractivity contribution >= 4 is 22.6 Å². The minimum Gasteiger partial charge on any atom is -0.387 e. The van der Waals surface area contributed by atoms with Gasteiger partial charge in [-0.3, -0.25) is 0 Å². The van der Waals surface area contributed by atoms with Gasteiger partial charge in [0.05, 0.1) is 12.5 Å². The van der Waals surface area contributed by atoms with E-state index in [1.165, 1.54) is 28.7 Å². The van der Waals surface area contributed by atoms with Gasteiger partial charge < -0.3 is 4.74 Å². The molecule has 0 saturated carbocycles. The van der Waals surface area contributed by atoms with Gasteiger partial charge in [0.15, 0.2) is 0 Å². The molecule has 1 rings (SSSR count). The zero-order valence-corrected chi connectivity index (χ0v) is 10.9. The maximum atomic E-state index is 12.8. The number of rotatable bonds is 2. The van der Waals surface area contributed by atoms with Crippen molar-refractivity contribution in [2.45, 2.75) is 19.0 Å². The van der Waals surface area contributed by atoms with Gasteiger partial charge in [-0.05, 0) is 28.2 Å². The van der Waals surface area contributed by atoms with Crippen LogP contribution in [0.1, 0.15) is 11.1 Å². The molecule has 0 aliphatic heterocycles. The van der Waals surface area contributed by atoms with Crippen LogP contribution in [0, 0.1) is 14.9 Å². The second-order valence-electron chi connectivity index (χ2n) is 3.15. The van der Waals surface area contributed by atoms with E-state index >= 15 is 0 Å². The summed E-state index contributed by atoms with van der Waals surface area (Å²) in [4.78, 5) is 2.99. The molecule has 104 valence electrons. The normalized spacial score (nSPS) is 12.1. The van der Waals surface area contributed by atoms with Gasteiger partial charge in [0.2, 0.25) is 5.88 Å². The average molecular weight is 396 g/mol. The van der Waals surface area contributed by atoms with Gasteiger partial charge in [-0.1, -0.05) is 0 Å². The zero-order chi connectivity index (χ0) is 14.8. The highest BCUT2D eigenvalue weighted by Crippen LogP contribution is 2.40. The maximum absolute atomic E-state index is 12.8. The fraction of sp³-hybridized carbons (Fsp3) is 0.333. The van der Waals surface area contributed by atoms with Crippen molar-refractivity contribution < 1.29 is 31.1 Å². The van der Waals surface area contributed by atoms with E-state index in [1.54, 1.807) is 0 Å². The highest BCUT2D eigenvalue weighted by Gasteiger charge is 2.42. The van der Waals surface area contributed by atoms with E-state index in [9.17, 15) is 26.3 Å². The SMILES string of the molecule is N#CCc1c(I)cnc(OC(F)(F)F)c1C(F)(F)F. The molecule has 0 unspecified atom stereocenters. The van der Waals surface area contributed by atoms with Crippen LogP contribution in [0.25, 0.3) is 0 Å². The van der Waals surface area contributed by atoms with Crippen LogP contribution in [-0.4, -0.2) is 11.3 Å². The summed E-state index contributed by atoms with van der Waals surface area (Å²) in [6.07, 6.45) is -10.3. The molecule has 0 radical (unpaired) electrons. The third-order valence-electron chi connectivity index (χ3n) is 1.85. The van der Waals surface area contributed by atoms with Gasteiger partial charge in [0.25, 0.3) is 0 Å². The molecule has 19 heavy (non-hydrogen) atoms. The fourth-order valence-electron chi connectivity index (χ4n) is 1.24. The van der Waals surface area contributed by atoms with E-state index in [1.807, 2.05) is 0 Å². The molecule has 10 heteroatoms. The minimum atomic E-state index is -5.30. The first-order valence-electron chi connectivity index (χ1n) is 4.43. The summed E-state index contributed by atoms with van der Waals surface area (Å²) in [6.45, 7) is 0. The van der Waals surface area contributed by atoms with Crippen molar-refractivity contribution in [2.75, 3.05) is 0 Å². The number of pyridine rings is 1. The van der Waals surface area contributed by atoms with Crippen LogP contribution in [0.5, 0.6) is 5.88 Å². The molecule has 0 saturated heterocycles. The van der Waals surface area contributed by atoms with Gasteiger partial charge >= 0.3 is 12.5 Å². The van der Waals surface area contributed by atoms with Crippen LogP contribution in [-0.2, 0) is 12.6 Å². The van der Waals surface area contributed by atoms with Crippen LogP contribution in [0.2, 0.25) is 0 Å². The van der Waals surface area contributed by atoms with Crippen LogP contribution in [0.4, 0.5) is 26.3 Å². The number of alkyl halides is 6. The topological polar surface area (TPSA) is 45.9 Å². The molecule has 0 aliphatic rings. The third-order valence-corrected chi connectivity index (χ3v) is 2.78. The van der Waals surface area contributed by atoms with Gasteiger partial charge in [-0.25, -0.2) is 4.98 Å². The summed E-state index contributed by atoms with van der Waals surface area (Å²) in [7, 11) is 0. The molecular formula is C9H3F6IN2O. The Morgan fingerprint density at radius 2 is 1.84 bits per heavy atom. The van der Waals surface area contributed by atoms with Crippen molar-refractivity contribution in [1.29, 1.82) is 5.26 Å². The van der Waals surface area contributed by atoms with Crippen molar-refractivity contribution in [3.8, 4) is 11.9 Å². The largest absolute Gasteiger partial charge is 0.574 e. The smallest absolute Gasteiger partial charge is 0.387 e. The standard InChI is InChI=1S/C9H3F6IN2O/c10-8(11,12)6-4(1-2-17)5(16)3-18-7(6)19-9(13,14)15/h3H,1H2. The maximum Gasteiger partial charge on any atom is 0.574 e. The number of aromatic nitrogens is 1. The van der Waals surface area contributed by atoms with Crippen LogP contribution < -0.4 is 4.74 Å². The fourth-order valence-corrected chi connectivity index (χ4v) is 1.84. The average Bonchev–Trinajstić information content (AvgIpc) is 2.19. The Hall–Kier alpha value is -1.25. The highest BCUT2D eigenvalue weighted by molar-refractivity contribution is 14.1. The van der Waals surface area contributed by atoms with Crippen molar-refractivity contribution in [3.63, 3.8) is 0 Å². The summed E-state index contributed by atoms with van der Waals surface area (Å²) < 4.78 is 77.6. The molecule has 0 N–H and O–H groups in total. The number of halogens is 7. The lowest BCUT2D eigenvalue weighted by Gasteiger charge is -2.17. The van der Waals surface area contributed by atoms with Gasteiger partial charge in [-0.2, -0.15) is 18.4 Å². The van der Waals surface area contributed by atoms with E-state index in [4.69, 9.17) is 5.26 Å². The van der Waals surface area contributed by atoms with E-state index in [-0.39, 0.29) is 3.57 Å². The summed E-state index contributed by atoms with van der Waals surface area (Å²) in [5.74, 6) is -1.61. The molecule has 0 atom stereocenters. The lowest BCUT2D eigenvalue weighted by atomic mass is 10.1. The Bertz CT molecular complexity index is 519. The molecule has 0 bridgehead atoms. The van der Waals surface area contributed by atoms with Gasteiger partial charge in [0, 0.05) is 9.77 Å². The Kier molecular flexibility index (Phi) is 4.49. The van der Waals surface area contributed by atoms with E-state index in [0.717, 1.165) is 6.20 Å². The number of ether oxygens (including phenoxy) is 1. The predicted octanol–water partition coefficient (Wildman–Crippen LogP) is 3.67. The molecule has 1 aromatic rings. The number of nitrogens with zero attached hydrogens (tertiary/aromatic N) is 2. The van der Waals surface area contributed by atoms with Crippen LogP contribution >= 0.6 is 22.6 Å². The Morgan fingerprint density at radius 3 is 2.26 bits per heavy atom. The Labute approximate surface area is 116 Å². The van der Waals surface area contributed by atoms with Crippen molar-refractivity contribution in [3.05, 3.63) is 20.9 Å². The molecule has 0 aromatic carbocycles. The Morgan fingerprint density at radius 1 is 1.26 bits per heavy atom. The Balaban J connectivity index is 3.48. The van der Waals surface area contributed by atoms with Crippen LogP contribution in [0.3, 0.4) is 0 Å². The second-order valence-corrected chi connectivity index (χ2v) is 4.31. The predicted molar refractivity (Wildman–Crippen MR) is 58.0 cm³/mol. The van der Waals surface area contributed by atoms with Gasteiger partial charge in [0.1, 0.15) is 5.56 Å². The molecule has 0 spiro atoms. The number of hydrogen-bond acceptors (Lipinski definition) is 3. The first-order valence-corrected chi connectivity index (χ1v) is 5.51. The quantitative estimate of drug-likeness (QED) is 0.567. The summed E-state index contributed by atoms with van der Waals surface area (Å²) in [6, 6.07) is 1.46.